The number of phenolic OH excluding ortho intramolecular Hbond substituents is 1. The zero-order valence-corrected chi connectivity index (χ0v) is 19.2. The van der Waals surface area contributed by atoms with Gasteiger partial charge in [-0.25, -0.2) is 0 Å². The number of amides is 2. The van der Waals surface area contributed by atoms with Crippen molar-refractivity contribution in [3.63, 3.8) is 0 Å². The fourth-order valence-corrected chi connectivity index (χ4v) is 4.43. The van der Waals surface area contributed by atoms with Crippen molar-refractivity contribution in [2.75, 3.05) is 6.61 Å². The highest BCUT2D eigenvalue weighted by atomic mass is 79.9. The van der Waals surface area contributed by atoms with Gasteiger partial charge in [-0.05, 0) is 75.2 Å². The van der Waals surface area contributed by atoms with Gasteiger partial charge in [0, 0.05) is 14.5 Å². The fraction of sp³-hybridized carbons (Fsp3) is 0.200. The van der Waals surface area contributed by atoms with E-state index >= 15 is 0 Å². The minimum absolute atomic E-state index is 0.0950. The van der Waals surface area contributed by atoms with Crippen molar-refractivity contribution >= 4 is 60.8 Å². The van der Waals surface area contributed by atoms with Crippen LogP contribution in [0.25, 0.3) is 6.08 Å². The number of nitrogens with zero attached hydrogens (tertiary/aromatic N) is 1. The van der Waals surface area contributed by atoms with Crippen molar-refractivity contribution in [1.29, 1.82) is 0 Å². The van der Waals surface area contributed by atoms with Crippen LogP contribution in [0, 0.1) is 6.92 Å². The highest BCUT2D eigenvalue weighted by Gasteiger charge is 2.35. The van der Waals surface area contributed by atoms with Gasteiger partial charge in [0.2, 0.25) is 0 Å². The van der Waals surface area contributed by atoms with E-state index in [0.717, 1.165) is 22.9 Å². The lowest BCUT2D eigenvalue weighted by atomic mass is 10.1. The maximum atomic E-state index is 12.8. The first kappa shape index (κ1) is 21.0. The maximum absolute atomic E-state index is 12.8. The number of thioether (sulfide) groups is 1. The molecule has 1 fully saturated rings. The molecule has 1 heterocycles. The average molecular weight is 527 g/mol. The molecule has 0 aliphatic carbocycles. The molecule has 2 amide bonds. The second-order valence-electron chi connectivity index (χ2n) is 6.12. The molecule has 0 atom stereocenters. The Morgan fingerprint density at radius 2 is 2.00 bits per heavy atom. The lowest BCUT2D eigenvalue weighted by molar-refractivity contribution is -0.123. The van der Waals surface area contributed by atoms with E-state index in [4.69, 9.17) is 4.74 Å². The normalized spacial score (nSPS) is 15.6. The molecular weight excluding hydrogens is 510 g/mol. The summed E-state index contributed by atoms with van der Waals surface area (Å²) in [4.78, 5) is 26.7. The van der Waals surface area contributed by atoms with Crippen LogP contribution in [0.4, 0.5) is 4.79 Å². The Balaban J connectivity index is 1.94. The van der Waals surface area contributed by atoms with Crippen LogP contribution in [-0.2, 0) is 11.3 Å². The number of carbonyl (C=O) groups excluding carboxylic acids is 2. The Labute approximate surface area is 184 Å². The summed E-state index contributed by atoms with van der Waals surface area (Å²) in [7, 11) is 0. The largest absolute Gasteiger partial charge is 0.504 e. The smallest absolute Gasteiger partial charge is 0.293 e. The summed E-state index contributed by atoms with van der Waals surface area (Å²) in [6.45, 7) is 4.36. The molecule has 146 valence electrons. The minimum Gasteiger partial charge on any atom is -0.504 e. The molecule has 0 radical (unpaired) electrons. The van der Waals surface area contributed by atoms with E-state index in [1.807, 2.05) is 38.1 Å². The summed E-state index contributed by atoms with van der Waals surface area (Å²) >= 11 is 7.67. The predicted octanol–water partition coefficient (Wildman–Crippen LogP) is 5.86. The molecule has 1 saturated heterocycles. The standard InChI is InChI=1S/C20H17Br2NO4S/c1-3-27-15-9-14(21)17(22)13(18(15)24)8-16-19(25)23(20(26)28-16)10-12-6-4-5-11(2)7-12/h4-9,24H,3,10H2,1-2H3/b16-8-. The Kier molecular flexibility index (Phi) is 6.52. The number of ether oxygens (including phenoxy) is 1. The van der Waals surface area contributed by atoms with Crippen molar-refractivity contribution in [1.82, 2.24) is 4.90 Å². The molecule has 0 unspecified atom stereocenters. The molecule has 1 N–H and O–H groups in total. The number of hydrogen-bond acceptors (Lipinski definition) is 5. The molecule has 0 spiro atoms. The molecular formula is C20H17Br2NO4S. The van der Waals surface area contributed by atoms with Gasteiger partial charge in [-0.2, -0.15) is 0 Å². The topological polar surface area (TPSA) is 66.8 Å². The molecule has 2 aromatic rings. The Morgan fingerprint density at radius 1 is 1.25 bits per heavy atom. The van der Waals surface area contributed by atoms with Gasteiger partial charge in [0.05, 0.1) is 18.1 Å². The molecule has 0 saturated carbocycles. The third-order valence-electron chi connectivity index (χ3n) is 4.06. The second-order valence-corrected chi connectivity index (χ2v) is 8.76. The van der Waals surface area contributed by atoms with Gasteiger partial charge in [0.25, 0.3) is 11.1 Å². The molecule has 0 bridgehead atoms. The van der Waals surface area contributed by atoms with Gasteiger partial charge in [0.1, 0.15) is 0 Å². The van der Waals surface area contributed by atoms with Gasteiger partial charge < -0.3 is 9.84 Å². The van der Waals surface area contributed by atoms with Crippen molar-refractivity contribution in [3.05, 3.63) is 60.9 Å². The van der Waals surface area contributed by atoms with Crippen LogP contribution in [0.5, 0.6) is 11.5 Å². The van der Waals surface area contributed by atoms with Crippen LogP contribution < -0.4 is 4.74 Å². The summed E-state index contributed by atoms with van der Waals surface area (Å²) in [5, 5.41) is 10.2. The number of carbonyl (C=O) groups is 2. The van der Waals surface area contributed by atoms with Crippen molar-refractivity contribution < 1.29 is 19.4 Å². The van der Waals surface area contributed by atoms with E-state index in [2.05, 4.69) is 31.9 Å². The first-order chi connectivity index (χ1) is 13.3. The average Bonchev–Trinajstić information content (AvgIpc) is 2.91. The van der Waals surface area contributed by atoms with E-state index in [0.29, 0.717) is 26.9 Å². The van der Waals surface area contributed by atoms with Crippen LogP contribution in [0.2, 0.25) is 0 Å². The van der Waals surface area contributed by atoms with E-state index < -0.39 is 0 Å². The van der Waals surface area contributed by atoms with Crippen LogP contribution in [0.1, 0.15) is 23.6 Å². The molecule has 5 nitrogen and oxygen atoms in total. The van der Waals surface area contributed by atoms with Crippen LogP contribution in [0.15, 0.2) is 44.2 Å². The number of phenols is 1. The molecule has 8 heteroatoms. The second kappa shape index (κ2) is 8.71. The molecule has 1 aliphatic rings. The first-order valence-electron chi connectivity index (χ1n) is 8.46. The summed E-state index contributed by atoms with van der Waals surface area (Å²) in [5.41, 5.74) is 2.32. The highest BCUT2D eigenvalue weighted by Crippen LogP contribution is 2.43. The van der Waals surface area contributed by atoms with E-state index in [9.17, 15) is 14.7 Å². The van der Waals surface area contributed by atoms with Gasteiger partial charge in [-0.15, -0.1) is 0 Å². The predicted molar refractivity (Wildman–Crippen MR) is 117 cm³/mol. The molecule has 1 aliphatic heterocycles. The number of aryl methyl sites for hydroxylation is 1. The molecule has 0 aromatic heterocycles. The number of aromatic hydroxyl groups is 1. The van der Waals surface area contributed by atoms with Crippen LogP contribution >= 0.6 is 43.6 Å². The summed E-state index contributed by atoms with van der Waals surface area (Å²) in [6.07, 6.45) is 1.51. The van der Waals surface area contributed by atoms with Crippen LogP contribution in [-0.4, -0.2) is 27.8 Å². The molecule has 2 aromatic carbocycles. The van der Waals surface area contributed by atoms with Crippen molar-refractivity contribution in [2.45, 2.75) is 20.4 Å². The molecule has 28 heavy (non-hydrogen) atoms. The van der Waals surface area contributed by atoms with E-state index in [1.54, 1.807) is 6.07 Å². The maximum Gasteiger partial charge on any atom is 0.293 e. The number of halogens is 2. The SMILES string of the molecule is CCOc1cc(Br)c(Br)c(/C=C2\SC(=O)N(Cc3cccc(C)c3)C2=O)c1O. The number of imide groups is 1. The fourth-order valence-electron chi connectivity index (χ4n) is 2.77. The monoisotopic (exact) mass is 525 g/mol. The zero-order chi connectivity index (χ0) is 20.4. The van der Waals surface area contributed by atoms with Gasteiger partial charge >= 0.3 is 0 Å². The quantitative estimate of drug-likeness (QED) is 0.494. The number of benzene rings is 2. The van der Waals surface area contributed by atoms with Gasteiger partial charge in [-0.3, -0.25) is 14.5 Å². The number of hydrogen-bond donors (Lipinski definition) is 1. The number of rotatable bonds is 5. The summed E-state index contributed by atoms with van der Waals surface area (Å²) < 4.78 is 6.67. The molecule has 3 rings (SSSR count). The van der Waals surface area contributed by atoms with Crippen molar-refractivity contribution in [2.24, 2.45) is 0 Å². The lowest BCUT2D eigenvalue weighted by Gasteiger charge is -2.13. The Morgan fingerprint density at radius 3 is 2.68 bits per heavy atom. The lowest BCUT2D eigenvalue weighted by Crippen LogP contribution is -2.27. The summed E-state index contributed by atoms with van der Waals surface area (Å²) in [6, 6.07) is 9.32. The third kappa shape index (κ3) is 4.29. The van der Waals surface area contributed by atoms with Crippen molar-refractivity contribution in [3.8, 4) is 11.5 Å². The van der Waals surface area contributed by atoms with Gasteiger partial charge in [-0.1, -0.05) is 29.8 Å². The Bertz CT molecular complexity index is 990. The summed E-state index contributed by atoms with van der Waals surface area (Å²) in [5.74, 6) is -0.189. The van der Waals surface area contributed by atoms with Gasteiger partial charge in [0.15, 0.2) is 11.5 Å². The zero-order valence-electron chi connectivity index (χ0n) is 15.2. The third-order valence-corrected chi connectivity index (χ3v) is 6.98. The van der Waals surface area contributed by atoms with Crippen LogP contribution in [0.3, 0.4) is 0 Å². The highest BCUT2D eigenvalue weighted by molar-refractivity contribution is 9.13. The van der Waals surface area contributed by atoms with E-state index in [1.165, 1.54) is 11.0 Å². The minimum atomic E-state index is -0.388. The van der Waals surface area contributed by atoms with E-state index in [-0.39, 0.29) is 28.3 Å². The Hall–Kier alpha value is -1.77. The first-order valence-corrected chi connectivity index (χ1v) is 10.9.